The highest BCUT2D eigenvalue weighted by Gasteiger charge is 2.15. The summed E-state index contributed by atoms with van der Waals surface area (Å²) in [6.45, 7) is -0.324. The second-order valence-corrected chi connectivity index (χ2v) is 9.10. The van der Waals surface area contributed by atoms with Gasteiger partial charge in [0, 0.05) is 21.7 Å². The van der Waals surface area contributed by atoms with E-state index in [2.05, 4.69) is 10.5 Å². The molecule has 11 heteroatoms. The van der Waals surface area contributed by atoms with Crippen molar-refractivity contribution in [3.63, 3.8) is 0 Å². The first-order valence-electron chi connectivity index (χ1n) is 12.0. The third-order valence-corrected chi connectivity index (χ3v) is 5.88. The Bertz CT molecular complexity index is 1570. The van der Waals surface area contributed by atoms with Gasteiger partial charge in [0.1, 0.15) is 11.5 Å². The van der Waals surface area contributed by atoms with E-state index in [0.717, 1.165) is 0 Å². The van der Waals surface area contributed by atoms with Gasteiger partial charge in [-0.25, -0.2) is 15.0 Å². The molecule has 0 aliphatic rings. The van der Waals surface area contributed by atoms with Gasteiger partial charge in [-0.2, -0.15) is 5.10 Å². The summed E-state index contributed by atoms with van der Waals surface area (Å²) in [5.41, 5.74) is 3.17. The Kier molecular flexibility index (Phi) is 9.93. The molecule has 41 heavy (non-hydrogen) atoms. The largest absolute Gasteiger partial charge is 0.493 e. The molecular weight excluding hydrogens is 571 g/mol. The highest BCUT2D eigenvalue weighted by atomic mass is 35.5. The average Bonchev–Trinajstić information content (AvgIpc) is 2.98. The van der Waals surface area contributed by atoms with E-state index in [9.17, 15) is 14.4 Å². The first kappa shape index (κ1) is 29.1. The standard InChI is InChI=1S/C30H22Cl2N2O7/c1-38-25-4-2-3-5-26(25)39-18-28(35)34-33-17-21-10-15-24(40-29(36)19-6-11-22(31)12-7-19)16-27(21)41-30(37)20-8-13-23(32)14-9-20/h2-17H,18H2,1H3,(H,34,35)/b33-17+. The van der Waals surface area contributed by atoms with Crippen molar-refractivity contribution in [1.29, 1.82) is 0 Å². The van der Waals surface area contributed by atoms with Crippen LogP contribution >= 0.6 is 23.2 Å². The van der Waals surface area contributed by atoms with Crippen LogP contribution in [0.3, 0.4) is 0 Å². The van der Waals surface area contributed by atoms with Crippen molar-refractivity contribution in [3.05, 3.63) is 118 Å². The van der Waals surface area contributed by atoms with E-state index in [1.807, 2.05) is 0 Å². The molecule has 0 aliphatic carbocycles. The van der Waals surface area contributed by atoms with Gasteiger partial charge in [0.2, 0.25) is 0 Å². The van der Waals surface area contributed by atoms with E-state index < -0.39 is 17.8 Å². The van der Waals surface area contributed by atoms with Crippen molar-refractivity contribution in [2.24, 2.45) is 5.10 Å². The SMILES string of the molecule is COc1ccccc1OCC(=O)N/N=C/c1ccc(OC(=O)c2ccc(Cl)cc2)cc1OC(=O)c1ccc(Cl)cc1. The Balaban J connectivity index is 1.48. The second kappa shape index (κ2) is 14.0. The number of carbonyl (C=O) groups excluding carboxylic acids is 3. The number of ether oxygens (including phenoxy) is 4. The minimum atomic E-state index is -0.688. The maximum atomic E-state index is 12.8. The van der Waals surface area contributed by atoms with Crippen LogP contribution in [-0.4, -0.2) is 37.8 Å². The van der Waals surface area contributed by atoms with Crippen LogP contribution in [0.5, 0.6) is 23.0 Å². The van der Waals surface area contributed by atoms with Crippen LogP contribution in [0.1, 0.15) is 26.3 Å². The molecule has 0 aromatic heterocycles. The zero-order valence-corrected chi connectivity index (χ0v) is 23.0. The molecule has 9 nitrogen and oxygen atoms in total. The maximum absolute atomic E-state index is 12.8. The van der Waals surface area contributed by atoms with Crippen LogP contribution in [0, 0.1) is 0 Å². The number of hydrogen-bond donors (Lipinski definition) is 1. The highest BCUT2D eigenvalue weighted by Crippen LogP contribution is 2.27. The third kappa shape index (κ3) is 8.31. The lowest BCUT2D eigenvalue weighted by Gasteiger charge is -2.11. The van der Waals surface area contributed by atoms with Gasteiger partial charge in [-0.05, 0) is 72.8 Å². The van der Waals surface area contributed by atoms with Gasteiger partial charge in [0.05, 0.1) is 24.5 Å². The van der Waals surface area contributed by atoms with E-state index in [1.165, 1.54) is 55.8 Å². The fraction of sp³-hybridized carbons (Fsp3) is 0.0667. The monoisotopic (exact) mass is 592 g/mol. The number of hydrazone groups is 1. The van der Waals surface area contributed by atoms with Crippen molar-refractivity contribution in [2.75, 3.05) is 13.7 Å². The smallest absolute Gasteiger partial charge is 0.343 e. The normalized spacial score (nSPS) is 10.6. The lowest BCUT2D eigenvalue weighted by Crippen LogP contribution is -2.24. The number of hydrogen-bond acceptors (Lipinski definition) is 8. The summed E-state index contributed by atoms with van der Waals surface area (Å²) < 4.78 is 21.7. The molecule has 4 rings (SSSR count). The molecular formula is C30H22Cl2N2O7. The first-order chi connectivity index (χ1) is 19.8. The maximum Gasteiger partial charge on any atom is 0.343 e. The number of nitrogens with one attached hydrogen (secondary N) is 1. The van der Waals surface area contributed by atoms with Gasteiger partial charge in [0.15, 0.2) is 18.1 Å². The molecule has 1 amide bonds. The Morgan fingerprint density at radius 1 is 0.756 bits per heavy atom. The molecule has 0 spiro atoms. The van der Waals surface area contributed by atoms with Crippen molar-refractivity contribution < 1.29 is 33.3 Å². The summed E-state index contributed by atoms with van der Waals surface area (Å²) in [4.78, 5) is 37.6. The van der Waals surface area contributed by atoms with Gasteiger partial charge in [-0.1, -0.05) is 35.3 Å². The number of esters is 2. The van der Waals surface area contributed by atoms with Crippen LogP contribution < -0.4 is 24.4 Å². The van der Waals surface area contributed by atoms with Crippen molar-refractivity contribution >= 4 is 47.3 Å². The first-order valence-corrected chi connectivity index (χ1v) is 12.8. The van der Waals surface area contributed by atoms with E-state index in [1.54, 1.807) is 48.5 Å². The van der Waals surface area contributed by atoms with Crippen molar-refractivity contribution in [3.8, 4) is 23.0 Å². The summed E-state index contributed by atoms with van der Waals surface area (Å²) >= 11 is 11.8. The van der Waals surface area contributed by atoms with E-state index in [-0.39, 0.29) is 29.2 Å². The fourth-order valence-electron chi connectivity index (χ4n) is 3.36. The number of rotatable bonds is 10. The minimum absolute atomic E-state index is 0.0228. The predicted octanol–water partition coefficient (Wildman–Crippen LogP) is 5.97. The van der Waals surface area contributed by atoms with E-state index in [4.69, 9.17) is 42.1 Å². The van der Waals surface area contributed by atoms with Gasteiger partial charge >= 0.3 is 11.9 Å². The zero-order chi connectivity index (χ0) is 29.2. The average molecular weight is 593 g/mol. The molecule has 0 bridgehead atoms. The number of carbonyl (C=O) groups is 3. The third-order valence-electron chi connectivity index (χ3n) is 5.38. The van der Waals surface area contributed by atoms with E-state index >= 15 is 0 Å². The van der Waals surface area contributed by atoms with Gasteiger partial charge in [-0.15, -0.1) is 0 Å². The Hall–Kier alpha value is -4.86. The molecule has 0 atom stereocenters. The summed E-state index contributed by atoms with van der Waals surface area (Å²) in [7, 11) is 1.49. The molecule has 0 heterocycles. The van der Waals surface area contributed by atoms with Crippen LogP contribution in [-0.2, 0) is 4.79 Å². The molecule has 4 aromatic rings. The number of methoxy groups -OCH3 is 1. The molecule has 0 aliphatic heterocycles. The summed E-state index contributed by atoms with van der Waals surface area (Å²) in [5.74, 6) is -0.862. The number of halogens is 2. The number of para-hydroxylation sites is 2. The Labute approximate surface area is 245 Å². The molecule has 1 N–H and O–H groups in total. The van der Waals surface area contributed by atoms with E-state index in [0.29, 0.717) is 27.1 Å². The zero-order valence-electron chi connectivity index (χ0n) is 21.5. The van der Waals surface area contributed by atoms with Gasteiger partial charge < -0.3 is 18.9 Å². The van der Waals surface area contributed by atoms with Crippen LogP contribution in [0.2, 0.25) is 10.0 Å². The highest BCUT2D eigenvalue weighted by molar-refractivity contribution is 6.31. The van der Waals surface area contributed by atoms with Crippen LogP contribution in [0.25, 0.3) is 0 Å². The molecule has 4 aromatic carbocycles. The molecule has 0 saturated carbocycles. The molecule has 0 fully saturated rings. The predicted molar refractivity (Wildman–Crippen MR) is 153 cm³/mol. The number of nitrogens with zero attached hydrogens (tertiary/aromatic N) is 1. The van der Waals surface area contributed by atoms with Crippen molar-refractivity contribution in [1.82, 2.24) is 5.43 Å². The lowest BCUT2D eigenvalue weighted by molar-refractivity contribution is -0.123. The molecule has 0 unspecified atom stereocenters. The fourth-order valence-corrected chi connectivity index (χ4v) is 3.61. The van der Waals surface area contributed by atoms with Crippen molar-refractivity contribution in [2.45, 2.75) is 0 Å². The number of amides is 1. The Morgan fingerprint density at radius 2 is 1.34 bits per heavy atom. The topological polar surface area (TPSA) is 113 Å². The summed E-state index contributed by atoms with van der Waals surface area (Å²) in [6.07, 6.45) is 1.27. The summed E-state index contributed by atoms with van der Waals surface area (Å²) in [5, 5.41) is 4.86. The van der Waals surface area contributed by atoms with Crippen LogP contribution in [0.15, 0.2) is 96.1 Å². The molecule has 0 saturated heterocycles. The molecule has 208 valence electrons. The van der Waals surface area contributed by atoms with Gasteiger partial charge in [0.25, 0.3) is 5.91 Å². The van der Waals surface area contributed by atoms with Crippen LogP contribution in [0.4, 0.5) is 0 Å². The summed E-state index contributed by atoms with van der Waals surface area (Å²) in [6, 6.07) is 23.5. The Morgan fingerprint density at radius 3 is 1.95 bits per heavy atom. The minimum Gasteiger partial charge on any atom is -0.493 e. The van der Waals surface area contributed by atoms with Gasteiger partial charge in [-0.3, -0.25) is 4.79 Å². The lowest BCUT2D eigenvalue weighted by atomic mass is 10.2. The second-order valence-electron chi connectivity index (χ2n) is 8.23. The number of benzene rings is 4. The molecule has 0 radical (unpaired) electrons. The quantitative estimate of drug-likeness (QED) is 0.104.